The molecular weight excluding hydrogens is 338 g/mol. The van der Waals surface area contributed by atoms with E-state index in [0.717, 1.165) is 12.1 Å². The summed E-state index contributed by atoms with van der Waals surface area (Å²) in [7, 11) is 0. The number of amides is 1. The van der Waals surface area contributed by atoms with E-state index in [-0.39, 0.29) is 11.7 Å². The van der Waals surface area contributed by atoms with E-state index in [9.17, 15) is 9.59 Å². The van der Waals surface area contributed by atoms with Crippen LogP contribution in [-0.4, -0.2) is 23.2 Å². The summed E-state index contributed by atoms with van der Waals surface area (Å²) in [5.41, 5.74) is 3.10. The lowest BCUT2D eigenvalue weighted by Gasteiger charge is -2.08. The first-order chi connectivity index (χ1) is 13.1. The standard InChI is InChI=1S/C22H21N3O2/c1-16(26)18-8-5-9-20(14-18)25-21-11-10-19(15-24-21)22(27)23-13-12-17-6-3-2-4-7-17/h2-11,14-15H,12-13H2,1H3,(H,23,27)(H,24,25). The highest BCUT2D eigenvalue weighted by Gasteiger charge is 2.06. The molecule has 136 valence electrons. The summed E-state index contributed by atoms with van der Waals surface area (Å²) in [5, 5.41) is 6.03. The second-order valence-electron chi connectivity index (χ2n) is 6.19. The molecule has 1 heterocycles. The van der Waals surface area contributed by atoms with Crippen LogP contribution < -0.4 is 10.6 Å². The van der Waals surface area contributed by atoms with Crippen LogP contribution in [-0.2, 0) is 6.42 Å². The minimum absolute atomic E-state index is 0.00845. The van der Waals surface area contributed by atoms with Crippen molar-refractivity contribution >= 4 is 23.2 Å². The molecule has 2 N–H and O–H groups in total. The maximum Gasteiger partial charge on any atom is 0.252 e. The Morgan fingerprint density at radius 2 is 1.74 bits per heavy atom. The van der Waals surface area contributed by atoms with E-state index < -0.39 is 0 Å². The van der Waals surface area contributed by atoms with Crippen molar-refractivity contribution in [2.45, 2.75) is 13.3 Å². The van der Waals surface area contributed by atoms with E-state index in [4.69, 9.17) is 0 Å². The second kappa shape index (κ2) is 8.76. The molecule has 0 radical (unpaired) electrons. The molecule has 0 aliphatic rings. The lowest BCUT2D eigenvalue weighted by Crippen LogP contribution is -2.25. The van der Waals surface area contributed by atoms with Gasteiger partial charge in [0.15, 0.2) is 5.78 Å². The van der Waals surface area contributed by atoms with Gasteiger partial charge < -0.3 is 10.6 Å². The van der Waals surface area contributed by atoms with E-state index in [1.165, 1.54) is 18.7 Å². The van der Waals surface area contributed by atoms with Gasteiger partial charge >= 0.3 is 0 Å². The first-order valence-electron chi connectivity index (χ1n) is 8.78. The summed E-state index contributed by atoms with van der Waals surface area (Å²) in [6.45, 7) is 2.10. The topological polar surface area (TPSA) is 71.1 Å². The van der Waals surface area contributed by atoms with Crippen LogP contribution in [0.15, 0.2) is 72.9 Å². The average Bonchev–Trinajstić information content (AvgIpc) is 2.69. The Bertz CT molecular complexity index is 922. The largest absolute Gasteiger partial charge is 0.352 e. The second-order valence-corrected chi connectivity index (χ2v) is 6.19. The third-order valence-electron chi connectivity index (χ3n) is 4.11. The van der Waals surface area contributed by atoms with Crippen LogP contribution in [0.1, 0.15) is 33.2 Å². The van der Waals surface area contributed by atoms with Crippen LogP contribution in [0, 0.1) is 0 Å². The Morgan fingerprint density at radius 3 is 2.44 bits per heavy atom. The van der Waals surface area contributed by atoms with Crippen molar-refractivity contribution in [3.63, 3.8) is 0 Å². The van der Waals surface area contributed by atoms with E-state index in [1.807, 2.05) is 42.5 Å². The molecule has 1 aromatic heterocycles. The van der Waals surface area contributed by atoms with Crippen LogP contribution >= 0.6 is 0 Å². The van der Waals surface area contributed by atoms with Gasteiger partial charge in [0, 0.05) is 24.0 Å². The Hall–Kier alpha value is -3.47. The van der Waals surface area contributed by atoms with Crippen molar-refractivity contribution in [3.8, 4) is 0 Å². The number of hydrogen-bond donors (Lipinski definition) is 2. The van der Waals surface area contributed by atoms with Crippen LogP contribution in [0.25, 0.3) is 0 Å². The maximum atomic E-state index is 12.2. The molecule has 3 rings (SSSR count). The predicted molar refractivity (Wildman–Crippen MR) is 106 cm³/mol. The zero-order chi connectivity index (χ0) is 19.1. The van der Waals surface area contributed by atoms with E-state index in [1.54, 1.807) is 24.3 Å². The number of benzene rings is 2. The molecule has 0 spiro atoms. The summed E-state index contributed by atoms with van der Waals surface area (Å²) in [5.74, 6) is 0.467. The van der Waals surface area contributed by atoms with Gasteiger partial charge in [0.1, 0.15) is 5.82 Å². The fourth-order valence-electron chi connectivity index (χ4n) is 2.63. The molecule has 0 atom stereocenters. The van der Waals surface area contributed by atoms with Gasteiger partial charge in [0.25, 0.3) is 5.91 Å². The first-order valence-corrected chi connectivity index (χ1v) is 8.78. The molecule has 0 unspecified atom stereocenters. The average molecular weight is 359 g/mol. The van der Waals surface area contributed by atoms with E-state index in [0.29, 0.717) is 23.5 Å². The molecule has 0 bridgehead atoms. The van der Waals surface area contributed by atoms with Gasteiger partial charge in [-0.25, -0.2) is 4.98 Å². The number of carbonyl (C=O) groups is 2. The number of aromatic nitrogens is 1. The number of Topliss-reactive ketones (excluding diaryl/α,β-unsaturated/α-hetero) is 1. The lowest BCUT2D eigenvalue weighted by molar-refractivity contribution is 0.0952. The smallest absolute Gasteiger partial charge is 0.252 e. The van der Waals surface area contributed by atoms with Crippen LogP contribution in [0.4, 0.5) is 11.5 Å². The quantitative estimate of drug-likeness (QED) is 0.626. The lowest BCUT2D eigenvalue weighted by atomic mass is 10.1. The zero-order valence-electron chi connectivity index (χ0n) is 15.1. The van der Waals surface area contributed by atoms with Crippen molar-refractivity contribution in [1.29, 1.82) is 0 Å². The van der Waals surface area contributed by atoms with Gasteiger partial charge in [0.2, 0.25) is 0 Å². The highest BCUT2D eigenvalue weighted by molar-refractivity contribution is 5.95. The fourth-order valence-corrected chi connectivity index (χ4v) is 2.63. The molecule has 5 heteroatoms. The van der Waals surface area contributed by atoms with Crippen molar-refractivity contribution in [2.75, 3.05) is 11.9 Å². The monoisotopic (exact) mass is 359 g/mol. The van der Waals surface area contributed by atoms with Gasteiger partial charge in [0.05, 0.1) is 5.56 Å². The molecule has 5 nitrogen and oxygen atoms in total. The number of rotatable bonds is 7. The molecule has 1 amide bonds. The highest BCUT2D eigenvalue weighted by atomic mass is 16.1. The van der Waals surface area contributed by atoms with Gasteiger partial charge in [-0.05, 0) is 43.2 Å². The number of hydrogen-bond acceptors (Lipinski definition) is 4. The minimum atomic E-state index is -0.149. The zero-order valence-corrected chi connectivity index (χ0v) is 15.1. The summed E-state index contributed by atoms with van der Waals surface area (Å²) in [4.78, 5) is 28.0. The normalized spacial score (nSPS) is 10.3. The first kappa shape index (κ1) is 18.3. The van der Waals surface area contributed by atoms with E-state index >= 15 is 0 Å². The minimum Gasteiger partial charge on any atom is -0.352 e. The predicted octanol–water partition coefficient (Wildman–Crippen LogP) is 4.00. The summed E-state index contributed by atoms with van der Waals surface area (Å²) >= 11 is 0. The molecule has 0 saturated carbocycles. The van der Waals surface area contributed by atoms with Crippen molar-refractivity contribution in [1.82, 2.24) is 10.3 Å². The van der Waals surface area contributed by atoms with Gasteiger partial charge in [-0.15, -0.1) is 0 Å². The molecule has 0 fully saturated rings. The van der Waals surface area contributed by atoms with Crippen LogP contribution in [0.3, 0.4) is 0 Å². The number of anilines is 2. The van der Waals surface area contributed by atoms with Crippen LogP contribution in [0.5, 0.6) is 0 Å². The van der Waals surface area contributed by atoms with Crippen molar-refractivity contribution in [2.24, 2.45) is 0 Å². The van der Waals surface area contributed by atoms with Gasteiger partial charge in [-0.2, -0.15) is 0 Å². The van der Waals surface area contributed by atoms with Crippen LogP contribution in [0.2, 0.25) is 0 Å². The Kier molecular flexibility index (Phi) is 5.94. The maximum absolute atomic E-state index is 12.2. The Morgan fingerprint density at radius 1 is 0.926 bits per heavy atom. The molecule has 27 heavy (non-hydrogen) atoms. The summed E-state index contributed by atoms with van der Waals surface area (Å²) in [6.07, 6.45) is 2.32. The highest BCUT2D eigenvalue weighted by Crippen LogP contribution is 2.16. The molecule has 2 aromatic carbocycles. The summed E-state index contributed by atoms with van der Waals surface area (Å²) < 4.78 is 0. The molecule has 0 saturated heterocycles. The summed E-state index contributed by atoms with van der Waals surface area (Å²) in [6, 6.07) is 20.7. The van der Waals surface area contributed by atoms with E-state index in [2.05, 4.69) is 15.6 Å². The van der Waals surface area contributed by atoms with Gasteiger partial charge in [-0.1, -0.05) is 42.5 Å². The third kappa shape index (κ3) is 5.25. The molecule has 0 aliphatic carbocycles. The number of pyridine rings is 1. The van der Waals surface area contributed by atoms with Crippen molar-refractivity contribution in [3.05, 3.63) is 89.6 Å². The molecule has 3 aromatic rings. The number of carbonyl (C=O) groups excluding carboxylic acids is 2. The Labute approximate surface area is 158 Å². The number of nitrogens with zero attached hydrogens (tertiary/aromatic N) is 1. The number of nitrogens with one attached hydrogen (secondary N) is 2. The third-order valence-corrected chi connectivity index (χ3v) is 4.11. The molecular formula is C22H21N3O2. The van der Waals surface area contributed by atoms with Gasteiger partial charge in [-0.3, -0.25) is 9.59 Å². The van der Waals surface area contributed by atoms with Crippen molar-refractivity contribution < 1.29 is 9.59 Å². The Balaban J connectivity index is 1.55. The fraction of sp³-hybridized carbons (Fsp3) is 0.136. The number of ketones is 1. The SMILES string of the molecule is CC(=O)c1cccc(Nc2ccc(C(=O)NCCc3ccccc3)cn2)c1. The molecule has 0 aliphatic heterocycles.